The number of carbonyl (C=O) groups is 1. The zero-order valence-electron chi connectivity index (χ0n) is 19.8. The Morgan fingerprint density at radius 3 is 2.64 bits per heavy atom. The molecule has 0 radical (unpaired) electrons. The van der Waals surface area contributed by atoms with Crippen LogP contribution in [0.4, 0.5) is 5.13 Å². The van der Waals surface area contributed by atoms with E-state index in [1.54, 1.807) is 17.2 Å². The van der Waals surface area contributed by atoms with Crippen LogP contribution in [-0.2, 0) is 21.4 Å². The number of thiazole rings is 1. The largest absolute Gasteiger partial charge is 0.282 e. The number of aromatic nitrogens is 2. The Kier molecular flexibility index (Phi) is 7.15. The lowest BCUT2D eigenvalue weighted by molar-refractivity contribution is -0.123. The van der Waals surface area contributed by atoms with Crippen molar-refractivity contribution in [3.05, 3.63) is 69.8 Å². The van der Waals surface area contributed by atoms with Crippen molar-refractivity contribution in [2.45, 2.75) is 37.4 Å². The Balaban J connectivity index is 1.48. The summed E-state index contributed by atoms with van der Waals surface area (Å²) in [6.07, 6.45) is 2.91. The van der Waals surface area contributed by atoms with E-state index in [0.717, 1.165) is 38.4 Å². The van der Waals surface area contributed by atoms with Gasteiger partial charge in [-0.1, -0.05) is 41.1 Å². The van der Waals surface area contributed by atoms with Crippen molar-refractivity contribution in [1.82, 2.24) is 14.3 Å². The molecular formula is C25H25ClN4O3S3. The lowest BCUT2D eigenvalue weighted by atomic mass is 9.98. The van der Waals surface area contributed by atoms with Gasteiger partial charge in [0.2, 0.25) is 5.91 Å². The standard InChI is InChI=1S/C25H25ClN4O3S3/c1-16-8-9-17(2)23-22(16)28-25(35-23)30(15-19-7-3-4-12-27-19)24(31)18-6-5-13-29(14-18)36(32,33)21-11-10-20(26)34-21/h3-4,7-12,18H,5-6,13-15H2,1-2H3. The Hall–Kier alpha value is -2.37. The average Bonchev–Trinajstić information content (AvgIpc) is 3.53. The number of anilines is 1. The molecule has 0 aliphatic carbocycles. The van der Waals surface area contributed by atoms with Gasteiger partial charge in [0.05, 0.1) is 32.7 Å². The summed E-state index contributed by atoms with van der Waals surface area (Å²) in [7, 11) is -3.72. The van der Waals surface area contributed by atoms with Gasteiger partial charge in [-0.05, 0) is 62.1 Å². The van der Waals surface area contributed by atoms with E-state index >= 15 is 0 Å². The molecule has 11 heteroatoms. The molecule has 1 saturated heterocycles. The van der Waals surface area contributed by atoms with Crippen LogP contribution in [0.25, 0.3) is 10.2 Å². The summed E-state index contributed by atoms with van der Waals surface area (Å²) >= 11 is 8.51. The number of fused-ring (bicyclic) bond motifs is 1. The number of rotatable bonds is 6. The van der Waals surface area contributed by atoms with Crippen molar-refractivity contribution < 1.29 is 13.2 Å². The highest BCUT2D eigenvalue weighted by molar-refractivity contribution is 7.91. The molecule has 1 aromatic carbocycles. The second kappa shape index (κ2) is 10.2. The molecular weight excluding hydrogens is 536 g/mol. The van der Waals surface area contributed by atoms with E-state index in [2.05, 4.69) is 11.1 Å². The molecule has 4 heterocycles. The number of piperidine rings is 1. The normalized spacial score (nSPS) is 16.9. The van der Waals surface area contributed by atoms with Gasteiger partial charge in [-0.3, -0.25) is 14.7 Å². The van der Waals surface area contributed by atoms with E-state index in [1.165, 1.54) is 21.7 Å². The Morgan fingerprint density at radius 2 is 1.94 bits per heavy atom. The summed E-state index contributed by atoms with van der Waals surface area (Å²) in [4.78, 5) is 24.9. The van der Waals surface area contributed by atoms with E-state index in [9.17, 15) is 13.2 Å². The van der Waals surface area contributed by atoms with Crippen LogP contribution in [0.2, 0.25) is 4.34 Å². The number of nitrogens with zero attached hydrogens (tertiary/aromatic N) is 4. The molecule has 1 aliphatic rings. The molecule has 7 nitrogen and oxygen atoms in total. The third-order valence-electron chi connectivity index (χ3n) is 6.35. The van der Waals surface area contributed by atoms with Crippen molar-refractivity contribution in [2.75, 3.05) is 18.0 Å². The van der Waals surface area contributed by atoms with Gasteiger partial charge in [0.15, 0.2) is 5.13 Å². The second-order valence-electron chi connectivity index (χ2n) is 8.88. The molecule has 0 N–H and O–H groups in total. The number of thiophene rings is 1. The summed E-state index contributed by atoms with van der Waals surface area (Å²) in [6, 6.07) is 12.8. The van der Waals surface area contributed by atoms with Crippen molar-refractivity contribution in [1.29, 1.82) is 0 Å². The second-order valence-corrected chi connectivity index (χ2v) is 13.7. The van der Waals surface area contributed by atoms with Crippen LogP contribution >= 0.6 is 34.3 Å². The maximum absolute atomic E-state index is 14.0. The Morgan fingerprint density at radius 1 is 1.14 bits per heavy atom. The number of amides is 1. The lowest BCUT2D eigenvalue weighted by Gasteiger charge is -2.33. The number of hydrogen-bond donors (Lipinski definition) is 0. The molecule has 0 bridgehead atoms. The highest BCUT2D eigenvalue weighted by atomic mass is 35.5. The van der Waals surface area contributed by atoms with Gasteiger partial charge in [-0.2, -0.15) is 4.31 Å². The predicted octanol–water partition coefficient (Wildman–Crippen LogP) is 5.66. The number of hydrogen-bond acceptors (Lipinski definition) is 7. The molecule has 1 unspecified atom stereocenters. The van der Waals surface area contributed by atoms with Crippen LogP contribution in [0.1, 0.15) is 29.7 Å². The third-order valence-corrected chi connectivity index (χ3v) is 11.1. The zero-order valence-corrected chi connectivity index (χ0v) is 23.1. The van der Waals surface area contributed by atoms with E-state index in [0.29, 0.717) is 28.9 Å². The molecule has 4 aromatic rings. The van der Waals surface area contributed by atoms with E-state index in [-0.39, 0.29) is 23.2 Å². The number of benzene rings is 1. The topological polar surface area (TPSA) is 83.5 Å². The first-order valence-corrected chi connectivity index (χ1v) is 15.0. The van der Waals surface area contributed by atoms with Gasteiger partial charge < -0.3 is 0 Å². The molecule has 1 fully saturated rings. The minimum atomic E-state index is -3.72. The molecule has 0 saturated carbocycles. The highest BCUT2D eigenvalue weighted by Crippen LogP contribution is 2.36. The van der Waals surface area contributed by atoms with Crippen molar-refractivity contribution >= 4 is 65.6 Å². The van der Waals surface area contributed by atoms with Crippen LogP contribution in [0, 0.1) is 19.8 Å². The van der Waals surface area contributed by atoms with Gasteiger partial charge in [0, 0.05) is 19.3 Å². The van der Waals surface area contributed by atoms with Crippen LogP contribution in [0.15, 0.2) is 52.9 Å². The number of carbonyl (C=O) groups excluding carboxylic acids is 1. The minimum Gasteiger partial charge on any atom is -0.282 e. The summed E-state index contributed by atoms with van der Waals surface area (Å²) in [6.45, 7) is 4.81. The Labute approximate surface area is 223 Å². The van der Waals surface area contributed by atoms with Crippen molar-refractivity contribution in [3.63, 3.8) is 0 Å². The molecule has 1 atom stereocenters. The molecule has 188 valence electrons. The van der Waals surface area contributed by atoms with E-state index in [1.807, 2.05) is 38.1 Å². The zero-order chi connectivity index (χ0) is 25.4. The van der Waals surface area contributed by atoms with Crippen molar-refractivity contribution in [3.8, 4) is 0 Å². The summed E-state index contributed by atoms with van der Waals surface area (Å²) in [5.41, 5.74) is 3.78. The van der Waals surface area contributed by atoms with E-state index < -0.39 is 15.9 Å². The average molecular weight is 561 g/mol. The summed E-state index contributed by atoms with van der Waals surface area (Å²) in [5.74, 6) is -0.624. The number of halogens is 1. The number of pyridine rings is 1. The predicted molar refractivity (Wildman–Crippen MR) is 145 cm³/mol. The van der Waals surface area contributed by atoms with Crippen LogP contribution in [-0.4, -0.2) is 41.7 Å². The minimum absolute atomic E-state index is 0.123. The maximum Gasteiger partial charge on any atom is 0.252 e. The number of sulfonamides is 1. The number of aryl methyl sites for hydroxylation is 2. The monoisotopic (exact) mass is 560 g/mol. The fourth-order valence-electron chi connectivity index (χ4n) is 4.40. The van der Waals surface area contributed by atoms with Crippen molar-refractivity contribution in [2.24, 2.45) is 5.92 Å². The highest BCUT2D eigenvalue weighted by Gasteiger charge is 2.37. The maximum atomic E-state index is 14.0. The molecule has 1 aliphatic heterocycles. The molecule has 1 amide bonds. The van der Waals surface area contributed by atoms with Gasteiger partial charge in [0.25, 0.3) is 10.0 Å². The molecule has 5 rings (SSSR count). The lowest BCUT2D eigenvalue weighted by Crippen LogP contribution is -2.46. The van der Waals surface area contributed by atoms with Gasteiger partial charge >= 0.3 is 0 Å². The fourth-order valence-corrected chi connectivity index (χ4v) is 8.68. The van der Waals surface area contributed by atoms with Gasteiger partial charge in [0.1, 0.15) is 4.21 Å². The Bertz CT molecular complexity index is 1480. The molecule has 36 heavy (non-hydrogen) atoms. The first-order valence-electron chi connectivity index (χ1n) is 11.6. The summed E-state index contributed by atoms with van der Waals surface area (Å²) < 4.78 is 29.5. The first-order chi connectivity index (χ1) is 17.2. The van der Waals surface area contributed by atoms with Crippen LogP contribution < -0.4 is 4.90 Å². The quantitative estimate of drug-likeness (QED) is 0.304. The SMILES string of the molecule is Cc1ccc(C)c2sc(N(Cc3ccccn3)C(=O)C3CCCN(S(=O)(=O)c4ccc(Cl)s4)C3)nc12. The van der Waals surface area contributed by atoms with Gasteiger partial charge in [-0.25, -0.2) is 13.4 Å². The third kappa shape index (κ3) is 4.92. The first kappa shape index (κ1) is 25.3. The smallest absolute Gasteiger partial charge is 0.252 e. The van der Waals surface area contributed by atoms with Crippen LogP contribution in [0.3, 0.4) is 0 Å². The summed E-state index contributed by atoms with van der Waals surface area (Å²) in [5, 5.41) is 0.600. The van der Waals surface area contributed by atoms with E-state index in [4.69, 9.17) is 16.6 Å². The molecule has 3 aromatic heterocycles. The van der Waals surface area contributed by atoms with Crippen LogP contribution in [0.5, 0.6) is 0 Å². The van der Waals surface area contributed by atoms with Gasteiger partial charge in [-0.15, -0.1) is 11.3 Å². The molecule has 0 spiro atoms. The fraction of sp³-hybridized carbons (Fsp3) is 0.320.